The topological polar surface area (TPSA) is 59.3 Å². The van der Waals surface area contributed by atoms with Gasteiger partial charge in [0, 0.05) is 24.6 Å². The summed E-state index contributed by atoms with van der Waals surface area (Å²) in [7, 11) is 0. The van der Waals surface area contributed by atoms with E-state index in [4.69, 9.17) is 5.11 Å². The van der Waals surface area contributed by atoms with Gasteiger partial charge in [-0.25, -0.2) is 18.1 Å². The van der Waals surface area contributed by atoms with E-state index in [9.17, 15) is 18.4 Å². The van der Waals surface area contributed by atoms with Crippen molar-refractivity contribution in [3.63, 3.8) is 0 Å². The fourth-order valence-corrected chi connectivity index (χ4v) is 3.08. The molecule has 0 bridgehead atoms. The van der Waals surface area contributed by atoms with Gasteiger partial charge in [0.1, 0.15) is 0 Å². The van der Waals surface area contributed by atoms with E-state index >= 15 is 0 Å². The lowest BCUT2D eigenvalue weighted by Gasteiger charge is -2.29. The SMILES string of the molecule is CCCCc1c(C2CCC(F)(F)CC2)ccn(C(=O)O)c1=O. The van der Waals surface area contributed by atoms with Gasteiger partial charge in [-0.15, -0.1) is 0 Å². The summed E-state index contributed by atoms with van der Waals surface area (Å²) in [5.41, 5.74) is 0.698. The van der Waals surface area contributed by atoms with Gasteiger partial charge in [-0.1, -0.05) is 13.3 Å². The zero-order valence-electron chi connectivity index (χ0n) is 12.6. The minimum Gasteiger partial charge on any atom is -0.464 e. The zero-order valence-corrected chi connectivity index (χ0v) is 12.6. The largest absolute Gasteiger partial charge is 0.464 e. The predicted octanol–water partition coefficient (Wildman–Crippen LogP) is 4.01. The molecule has 1 aliphatic carbocycles. The molecule has 0 unspecified atom stereocenters. The van der Waals surface area contributed by atoms with Crippen LogP contribution in [0.3, 0.4) is 0 Å². The highest BCUT2D eigenvalue weighted by molar-refractivity contribution is 5.68. The molecule has 0 aliphatic heterocycles. The molecule has 22 heavy (non-hydrogen) atoms. The van der Waals surface area contributed by atoms with Gasteiger partial charge >= 0.3 is 6.09 Å². The molecule has 6 heteroatoms. The summed E-state index contributed by atoms with van der Waals surface area (Å²) < 4.78 is 27.3. The Bertz CT molecular complexity index is 600. The first-order valence-electron chi connectivity index (χ1n) is 7.71. The van der Waals surface area contributed by atoms with Crippen LogP contribution in [0.25, 0.3) is 0 Å². The number of hydrogen-bond donors (Lipinski definition) is 1. The van der Waals surface area contributed by atoms with Crippen LogP contribution in [0, 0.1) is 0 Å². The molecule has 1 heterocycles. The number of halogens is 2. The van der Waals surface area contributed by atoms with Gasteiger partial charge in [-0.2, -0.15) is 0 Å². The van der Waals surface area contributed by atoms with Crippen molar-refractivity contribution in [1.29, 1.82) is 0 Å². The fourth-order valence-electron chi connectivity index (χ4n) is 3.08. The highest BCUT2D eigenvalue weighted by atomic mass is 19.3. The van der Waals surface area contributed by atoms with E-state index in [1.54, 1.807) is 6.07 Å². The number of carbonyl (C=O) groups is 1. The summed E-state index contributed by atoms with van der Waals surface area (Å²) in [6.45, 7) is 1.99. The number of aromatic nitrogens is 1. The zero-order chi connectivity index (χ0) is 16.3. The van der Waals surface area contributed by atoms with Gasteiger partial charge in [0.05, 0.1) is 0 Å². The van der Waals surface area contributed by atoms with Crippen LogP contribution < -0.4 is 5.56 Å². The van der Waals surface area contributed by atoms with Crippen molar-refractivity contribution in [1.82, 2.24) is 4.57 Å². The maximum absolute atomic E-state index is 13.3. The van der Waals surface area contributed by atoms with Crippen LogP contribution in [-0.4, -0.2) is 21.7 Å². The summed E-state index contributed by atoms with van der Waals surface area (Å²) in [6.07, 6.45) is 2.39. The Morgan fingerprint density at radius 1 is 1.41 bits per heavy atom. The second-order valence-electron chi connectivity index (χ2n) is 5.94. The summed E-state index contributed by atoms with van der Waals surface area (Å²) >= 11 is 0. The van der Waals surface area contributed by atoms with Crippen LogP contribution in [0.15, 0.2) is 17.1 Å². The molecule has 122 valence electrons. The van der Waals surface area contributed by atoms with Gasteiger partial charge in [-0.05, 0) is 43.2 Å². The molecular weight excluding hydrogens is 292 g/mol. The van der Waals surface area contributed by atoms with E-state index in [1.807, 2.05) is 6.92 Å². The molecule has 0 aromatic carbocycles. The van der Waals surface area contributed by atoms with Gasteiger partial charge < -0.3 is 5.11 Å². The van der Waals surface area contributed by atoms with E-state index in [1.165, 1.54) is 6.20 Å². The van der Waals surface area contributed by atoms with Gasteiger partial charge in [0.2, 0.25) is 5.92 Å². The van der Waals surface area contributed by atoms with Crippen LogP contribution in [0.2, 0.25) is 0 Å². The maximum atomic E-state index is 13.3. The highest BCUT2D eigenvalue weighted by Gasteiger charge is 2.36. The minimum atomic E-state index is -2.61. The summed E-state index contributed by atoms with van der Waals surface area (Å²) in [5, 5.41) is 9.05. The Balaban J connectivity index is 2.36. The van der Waals surface area contributed by atoms with Crippen molar-refractivity contribution in [3.8, 4) is 0 Å². The molecule has 1 N–H and O–H groups in total. The lowest BCUT2D eigenvalue weighted by atomic mass is 9.80. The van der Waals surface area contributed by atoms with Crippen LogP contribution >= 0.6 is 0 Å². The smallest absolute Gasteiger partial charge is 0.418 e. The molecule has 0 amide bonds. The van der Waals surface area contributed by atoms with Crippen molar-refractivity contribution in [2.75, 3.05) is 0 Å². The van der Waals surface area contributed by atoms with Crippen molar-refractivity contribution in [2.24, 2.45) is 0 Å². The number of rotatable bonds is 4. The van der Waals surface area contributed by atoms with Crippen molar-refractivity contribution < 1.29 is 18.7 Å². The average Bonchev–Trinajstić information content (AvgIpc) is 2.45. The molecule has 1 saturated carbocycles. The molecule has 1 aromatic heterocycles. The Kier molecular flexibility index (Phi) is 4.98. The highest BCUT2D eigenvalue weighted by Crippen LogP contribution is 2.41. The molecule has 2 rings (SSSR count). The quantitative estimate of drug-likeness (QED) is 0.913. The second-order valence-corrected chi connectivity index (χ2v) is 5.94. The van der Waals surface area contributed by atoms with Crippen LogP contribution in [0.5, 0.6) is 0 Å². The predicted molar refractivity (Wildman–Crippen MR) is 78.9 cm³/mol. The molecule has 0 spiro atoms. The number of hydrogen-bond acceptors (Lipinski definition) is 2. The number of nitrogens with zero attached hydrogens (tertiary/aromatic N) is 1. The monoisotopic (exact) mass is 313 g/mol. The van der Waals surface area contributed by atoms with Crippen LogP contribution in [-0.2, 0) is 6.42 Å². The van der Waals surface area contributed by atoms with E-state index in [-0.39, 0.29) is 18.8 Å². The third kappa shape index (κ3) is 3.54. The Morgan fingerprint density at radius 3 is 2.59 bits per heavy atom. The third-order valence-electron chi connectivity index (χ3n) is 4.37. The van der Waals surface area contributed by atoms with Crippen molar-refractivity contribution in [2.45, 2.75) is 63.7 Å². The first-order chi connectivity index (χ1) is 10.4. The number of carboxylic acid groups (broad SMARTS) is 1. The fraction of sp³-hybridized carbons (Fsp3) is 0.625. The van der Waals surface area contributed by atoms with Crippen LogP contribution in [0.1, 0.15) is 62.5 Å². The summed E-state index contributed by atoms with van der Waals surface area (Å²) in [6, 6.07) is 1.62. The van der Waals surface area contributed by atoms with E-state index < -0.39 is 17.6 Å². The normalized spacial score (nSPS) is 18.3. The van der Waals surface area contributed by atoms with E-state index in [2.05, 4.69) is 0 Å². The standard InChI is InChI=1S/C16H21F2NO3/c1-2-3-4-13-12(7-10-19(14(13)20)15(21)22)11-5-8-16(17,18)9-6-11/h7,10-11H,2-6,8-9H2,1H3,(H,21,22). The van der Waals surface area contributed by atoms with Crippen molar-refractivity contribution in [3.05, 3.63) is 33.7 Å². The van der Waals surface area contributed by atoms with E-state index in [0.29, 0.717) is 29.4 Å². The minimum absolute atomic E-state index is 0.0809. The molecule has 4 nitrogen and oxygen atoms in total. The molecule has 1 aliphatic rings. The van der Waals surface area contributed by atoms with Gasteiger partial charge in [-0.3, -0.25) is 4.79 Å². The molecule has 0 radical (unpaired) electrons. The molecule has 0 atom stereocenters. The molecule has 0 saturated heterocycles. The second kappa shape index (κ2) is 6.58. The number of alkyl halides is 2. The van der Waals surface area contributed by atoms with Gasteiger partial charge in [0.15, 0.2) is 0 Å². The molecule has 1 aromatic rings. The lowest BCUT2D eigenvalue weighted by Crippen LogP contribution is -2.31. The van der Waals surface area contributed by atoms with E-state index in [0.717, 1.165) is 18.4 Å². The summed E-state index contributed by atoms with van der Waals surface area (Å²) in [5.74, 6) is -2.70. The Morgan fingerprint density at radius 2 is 2.05 bits per heavy atom. The molecule has 1 fully saturated rings. The lowest BCUT2D eigenvalue weighted by molar-refractivity contribution is -0.0382. The maximum Gasteiger partial charge on any atom is 0.418 e. The molecular formula is C16H21F2NO3. The average molecular weight is 313 g/mol. The number of pyridine rings is 1. The van der Waals surface area contributed by atoms with Gasteiger partial charge in [0.25, 0.3) is 5.56 Å². The first kappa shape index (κ1) is 16.6. The third-order valence-corrected chi connectivity index (χ3v) is 4.37. The first-order valence-corrected chi connectivity index (χ1v) is 7.71. The van der Waals surface area contributed by atoms with Crippen molar-refractivity contribution >= 4 is 6.09 Å². The Labute approximate surface area is 127 Å². The van der Waals surface area contributed by atoms with Crippen LogP contribution in [0.4, 0.5) is 13.6 Å². The Hall–Kier alpha value is -1.72. The summed E-state index contributed by atoms with van der Waals surface area (Å²) in [4.78, 5) is 23.4. The number of unbranched alkanes of at least 4 members (excludes halogenated alkanes) is 1.